The summed E-state index contributed by atoms with van der Waals surface area (Å²) in [5, 5.41) is 20.7. The second-order valence-corrected chi connectivity index (χ2v) is 9.86. The number of nitrogens with one attached hydrogen (secondary N) is 1. The van der Waals surface area contributed by atoms with E-state index in [2.05, 4.69) is 10.3 Å². The molecule has 1 amide bonds. The van der Waals surface area contributed by atoms with E-state index in [1.165, 1.54) is 49.8 Å². The van der Waals surface area contributed by atoms with E-state index in [-0.39, 0.29) is 36.4 Å². The molecule has 3 aromatic rings. The Morgan fingerprint density at radius 1 is 1.06 bits per heavy atom. The van der Waals surface area contributed by atoms with Gasteiger partial charge in [0, 0.05) is 43.6 Å². The Morgan fingerprint density at radius 3 is 2.21 bits per heavy atom. The Bertz CT molecular complexity index is 1310. The van der Waals surface area contributed by atoms with Crippen LogP contribution in [0.5, 0.6) is 11.5 Å². The first-order chi connectivity index (χ1) is 16.3. The average Bonchev–Trinajstić information content (AvgIpc) is 3.23. The van der Waals surface area contributed by atoms with Crippen LogP contribution in [0.3, 0.4) is 0 Å². The lowest BCUT2D eigenvalue weighted by molar-refractivity contribution is 0.102. The standard InChI is InChI=1S/C22H21N5O5S2/c1-31-18-13-17-20(14-19(18)32-2)33-22(25-17)26-21(28)15-5-7-16(8-6-15)34(29,30)27(11-3-9-23)12-4-10-24/h5-8,13-14H,3-4,11-12H2,1-2H3,(H,25,26,28). The number of aromatic nitrogens is 1. The van der Waals surface area contributed by atoms with Crippen LogP contribution in [-0.4, -0.2) is 50.9 Å². The molecule has 0 atom stereocenters. The number of sulfonamides is 1. The van der Waals surface area contributed by atoms with Crippen molar-refractivity contribution in [3.05, 3.63) is 42.0 Å². The number of carbonyl (C=O) groups is 1. The molecule has 1 N–H and O–H groups in total. The van der Waals surface area contributed by atoms with Crippen LogP contribution in [0.2, 0.25) is 0 Å². The highest BCUT2D eigenvalue weighted by Crippen LogP contribution is 2.36. The molecule has 12 heteroatoms. The Kier molecular flexibility index (Phi) is 8.02. The van der Waals surface area contributed by atoms with Crippen LogP contribution in [-0.2, 0) is 10.0 Å². The average molecular weight is 500 g/mol. The molecule has 0 radical (unpaired) electrons. The Hall–Kier alpha value is -3.71. The van der Waals surface area contributed by atoms with Crippen molar-refractivity contribution in [2.75, 3.05) is 32.6 Å². The zero-order chi connectivity index (χ0) is 24.7. The van der Waals surface area contributed by atoms with Gasteiger partial charge in [0.05, 0.1) is 41.5 Å². The van der Waals surface area contributed by atoms with Crippen molar-refractivity contribution in [3.63, 3.8) is 0 Å². The summed E-state index contributed by atoms with van der Waals surface area (Å²) in [6, 6.07) is 12.7. The predicted molar refractivity (Wildman–Crippen MR) is 126 cm³/mol. The maximum Gasteiger partial charge on any atom is 0.257 e. The molecule has 0 unspecified atom stereocenters. The van der Waals surface area contributed by atoms with Crippen LogP contribution in [0.15, 0.2) is 41.3 Å². The number of ether oxygens (including phenoxy) is 2. The topological polar surface area (TPSA) is 145 Å². The summed E-state index contributed by atoms with van der Waals surface area (Å²) in [4.78, 5) is 17.1. The smallest absolute Gasteiger partial charge is 0.257 e. The number of rotatable bonds is 10. The summed E-state index contributed by atoms with van der Waals surface area (Å²) in [5.74, 6) is 0.619. The van der Waals surface area contributed by atoms with Crippen LogP contribution < -0.4 is 14.8 Å². The lowest BCUT2D eigenvalue weighted by atomic mass is 10.2. The third-order valence-electron chi connectivity index (χ3n) is 4.81. The molecule has 0 aliphatic heterocycles. The van der Waals surface area contributed by atoms with Gasteiger partial charge in [0.2, 0.25) is 10.0 Å². The summed E-state index contributed by atoms with van der Waals surface area (Å²) < 4.78 is 38.2. The van der Waals surface area contributed by atoms with E-state index in [1.54, 1.807) is 12.1 Å². The number of thiazole rings is 1. The third kappa shape index (κ3) is 5.43. The van der Waals surface area contributed by atoms with Gasteiger partial charge in [-0.15, -0.1) is 0 Å². The maximum atomic E-state index is 12.9. The van der Waals surface area contributed by atoms with Crippen LogP contribution in [0.4, 0.5) is 5.13 Å². The molecule has 3 rings (SSSR count). The highest BCUT2D eigenvalue weighted by Gasteiger charge is 2.24. The van der Waals surface area contributed by atoms with E-state index in [9.17, 15) is 13.2 Å². The first kappa shape index (κ1) is 24.9. The largest absolute Gasteiger partial charge is 0.493 e. The molecule has 10 nitrogen and oxygen atoms in total. The molecule has 0 saturated carbocycles. The molecule has 0 spiro atoms. The zero-order valence-electron chi connectivity index (χ0n) is 18.4. The van der Waals surface area contributed by atoms with Gasteiger partial charge in [-0.2, -0.15) is 14.8 Å². The van der Waals surface area contributed by atoms with Crippen LogP contribution in [0.25, 0.3) is 10.2 Å². The number of amides is 1. The van der Waals surface area contributed by atoms with Crippen molar-refractivity contribution < 1.29 is 22.7 Å². The van der Waals surface area contributed by atoms with Crippen molar-refractivity contribution in [2.45, 2.75) is 17.7 Å². The number of methoxy groups -OCH3 is 2. The van der Waals surface area contributed by atoms with E-state index in [1.807, 2.05) is 12.1 Å². The Labute approximate surface area is 201 Å². The number of anilines is 1. The van der Waals surface area contributed by atoms with Gasteiger partial charge < -0.3 is 9.47 Å². The second-order valence-electron chi connectivity index (χ2n) is 6.89. The van der Waals surface area contributed by atoms with Crippen molar-refractivity contribution >= 4 is 42.6 Å². The molecule has 176 valence electrons. The van der Waals surface area contributed by atoms with Gasteiger partial charge >= 0.3 is 0 Å². The first-order valence-electron chi connectivity index (χ1n) is 10.0. The fraction of sp³-hybridized carbons (Fsp3) is 0.273. The first-order valence-corrected chi connectivity index (χ1v) is 12.3. The number of carbonyl (C=O) groups excluding carboxylic acids is 1. The molecular weight excluding hydrogens is 478 g/mol. The van der Waals surface area contributed by atoms with Gasteiger partial charge in [-0.05, 0) is 24.3 Å². The van der Waals surface area contributed by atoms with Gasteiger partial charge in [-0.3, -0.25) is 10.1 Å². The van der Waals surface area contributed by atoms with Crippen LogP contribution >= 0.6 is 11.3 Å². The van der Waals surface area contributed by atoms with Gasteiger partial charge in [0.15, 0.2) is 16.6 Å². The summed E-state index contributed by atoms with van der Waals surface area (Å²) in [5.41, 5.74) is 0.878. The van der Waals surface area contributed by atoms with Crippen molar-refractivity contribution in [1.29, 1.82) is 10.5 Å². The molecule has 0 aliphatic carbocycles. The minimum absolute atomic E-state index is 0.00502. The lowest BCUT2D eigenvalue weighted by Gasteiger charge is -2.20. The molecular formula is C22H21N5O5S2. The summed E-state index contributed by atoms with van der Waals surface area (Å²) in [7, 11) is -0.858. The van der Waals surface area contributed by atoms with E-state index >= 15 is 0 Å². The minimum Gasteiger partial charge on any atom is -0.493 e. The highest BCUT2D eigenvalue weighted by atomic mass is 32.2. The van der Waals surface area contributed by atoms with Crippen LogP contribution in [0.1, 0.15) is 23.2 Å². The van der Waals surface area contributed by atoms with Crippen molar-refractivity contribution in [1.82, 2.24) is 9.29 Å². The minimum atomic E-state index is -3.91. The number of nitriles is 2. The summed E-state index contributed by atoms with van der Waals surface area (Å²) in [6.07, 6.45) is 0.0100. The molecule has 34 heavy (non-hydrogen) atoms. The van der Waals surface area contributed by atoms with Gasteiger partial charge in [0.25, 0.3) is 5.91 Å². The van der Waals surface area contributed by atoms with Gasteiger partial charge in [-0.1, -0.05) is 11.3 Å². The fourth-order valence-electron chi connectivity index (χ4n) is 3.11. The summed E-state index contributed by atoms with van der Waals surface area (Å²) >= 11 is 1.26. The Balaban J connectivity index is 1.78. The predicted octanol–water partition coefficient (Wildman–Crippen LogP) is 3.38. The normalized spacial score (nSPS) is 11.1. The zero-order valence-corrected chi connectivity index (χ0v) is 20.1. The highest BCUT2D eigenvalue weighted by molar-refractivity contribution is 7.89. The number of nitrogens with zero attached hydrogens (tertiary/aromatic N) is 4. The molecule has 2 aromatic carbocycles. The van der Waals surface area contributed by atoms with Gasteiger partial charge in [0.1, 0.15) is 0 Å². The number of fused-ring (bicyclic) bond motifs is 1. The fourth-order valence-corrected chi connectivity index (χ4v) is 5.42. The quantitative estimate of drug-likeness (QED) is 0.447. The maximum absolute atomic E-state index is 12.9. The Morgan fingerprint density at radius 2 is 1.65 bits per heavy atom. The second kappa shape index (κ2) is 10.9. The SMILES string of the molecule is COc1cc2nc(NC(=O)c3ccc(S(=O)(=O)N(CCC#N)CCC#N)cc3)sc2cc1OC. The third-order valence-corrected chi connectivity index (χ3v) is 7.66. The molecule has 1 aromatic heterocycles. The molecule has 1 heterocycles. The molecule has 0 aliphatic rings. The van der Waals surface area contributed by atoms with Crippen molar-refractivity contribution in [3.8, 4) is 23.6 Å². The number of benzene rings is 2. The monoisotopic (exact) mass is 499 g/mol. The summed E-state index contributed by atoms with van der Waals surface area (Å²) in [6.45, 7) is -0.0359. The number of hydrogen-bond donors (Lipinski definition) is 1. The van der Waals surface area contributed by atoms with E-state index in [4.69, 9.17) is 20.0 Å². The molecule has 0 saturated heterocycles. The van der Waals surface area contributed by atoms with Crippen molar-refractivity contribution in [2.24, 2.45) is 0 Å². The molecule has 0 fully saturated rings. The van der Waals surface area contributed by atoms with E-state index in [0.717, 1.165) is 9.01 Å². The van der Waals surface area contributed by atoms with Gasteiger partial charge in [-0.25, -0.2) is 13.4 Å². The lowest BCUT2D eigenvalue weighted by Crippen LogP contribution is -2.32. The van der Waals surface area contributed by atoms with E-state index < -0.39 is 15.9 Å². The number of hydrogen-bond acceptors (Lipinski definition) is 9. The molecule has 0 bridgehead atoms. The van der Waals surface area contributed by atoms with Crippen LogP contribution in [0, 0.1) is 22.7 Å². The van der Waals surface area contributed by atoms with E-state index in [0.29, 0.717) is 22.1 Å².